The van der Waals surface area contributed by atoms with Crippen LogP contribution >= 0.6 is 0 Å². The van der Waals surface area contributed by atoms with Crippen molar-refractivity contribution in [2.24, 2.45) is 5.92 Å². The first-order valence-corrected chi connectivity index (χ1v) is 6.37. The van der Waals surface area contributed by atoms with Gasteiger partial charge >= 0.3 is 0 Å². The Balaban J connectivity index is 2.23. The van der Waals surface area contributed by atoms with Crippen molar-refractivity contribution in [1.82, 2.24) is 16.0 Å². The molecule has 0 radical (unpaired) electrons. The van der Waals surface area contributed by atoms with E-state index in [2.05, 4.69) is 16.0 Å². The minimum Gasteiger partial charge on any atom is -0.355 e. The summed E-state index contributed by atoms with van der Waals surface area (Å²) in [5, 5.41) is 8.67. The van der Waals surface area contributed by atoms with Crippen LogP contribution in [0.5, 0.6) is 0 Å². The van der Waals surface area contributed by atoms with E-state index >= 15 is 0 Å². The molecule has 98 valence electrons. The summed E-state index contributed by atoms with van der Waals surface area (Å²) in [5.41, 5.74) is 0. The van der Waals surface area contributed by atoms with Crippen molar-refractivity contribution in [1.29, 1.82) is 0 Å². The summed E-state index contributed by atoms with van der Waals surface area (Å²) < 4.78 is 0. The fourth-order valence-electron chi connectivity index (χ4n) is 1.73. The van der Waals surface area contributed by atoms with Gasteiger partial charge in [-0.3, -0.25) is 14.9 Å². The molecule has 0 bridgehead atoms. The van der Waals surface area contributed by atoms with Gasteiger partial charge in [0.15, 0.2) is 0 Å². The highest BCUT2D eigenvalue weighted by Crippen LogP contribution is 2.04. The molecule has 1 fully saturated rings. The molecular formula is C12H23N3O2. The van der Waals surface area contributed by atoms with Crippen LogP contribution in [0, 0.1) is 5.92 Å². The van der Waals surface area contributed by atoms with Crippen molar-refractivity contribution in [3.8, 4) is 0 Å². The fourth-order valence-corrected chi connectivity index (χ4v) is 1.73. The van der Waals surface area contributed by atoms with Gasteiger partial charge in [0.1, 0.15) is 0 Å². The Kier molecular flexibility index (Phi) is 5.97. The third kappa shape index (κ3) is 5.68. The second-order valence-electron chi connectivity index (χ2n) is 4.92. The average molecular weight is 241 g/mol. The molecule has 1 unspecified atom stereocenters. The van der Waals surface area contributed by atoms with Crippen LogP contribution in [0.15, 0.2) is 0 Å². The summed E-state index contributed by atoms with van der Waals surface area (Å²) in [5.74, 6) is 0.412. The van der Waals surface area contributed by atoms with Crippen LogP contribution in [0.25, 0.3) is 0 Å². The molecule has 17 heavy (non-hydrogen) atoms. The zero-order valence-corrected chi connectivity index (χ0v) is 10.7. The first kappa shape index (κ1) is 14.0. The smallest absolute Gasteiger partial charge is 0.237 e. The Bertz CT molecular complexity index is 266. The normalized spacial score (nSPS) is 20.9. The standard InChI is InChI=1S/C12H23N3O2/c1-9(2)7-15-11(16)8-14-10-5-3-4-6-13-12(10)17/h9-10,14H,3-8H2,1-2H3,(H,13,17)(H,15,16). The van der Waals surface area contributed by atoms with Crippen molar-refractivity contribution < 1.29 is 9.59 Å². The van der Waals surface area contributed by atoms with E-state index in [1.165, 1.54) is 0 Å². The summed E-state index contributed by atoms with van der Waals surface area (Å²) in [6, 6.07) is -0.220. The Morgan fingerprint density at radius 2 is 2.24 bits per heavy atom. The summed E-state index contributed by atoms with van der Waals surface area (Å²) in [4.78, 5) is 23.1. The highest BCUT2D eigenvalue weighted by atomic mass is 16.2. The van der Waals surface area contributed by atoms with Gasteiger partial charge in [-0.05, 0) is 25.2 Å². The van der Waals surface area contributed by atoms with Crippen molar-refractivity contribution in [3.63, 3.8) is 0 Å². The van der Waals surface area contributed by atoms with Gasteiger partial charge in [0, 0.05) is 13.1 Å². The SMILES string of the molecule is CC(C)CNC(=O)CNC1CCCCNC1=O. The Morgan fingerprint density at radius 1 is 1.47 bits per heavy atom. The minimum atomic E-state index is -0.220. The van der Waals surface area contributed by atoms with Crippen LogP contribution in [0.3, 0.4) is 0 Å². The Hall–Kier alpha value is -1.10. The lowest BCUT2D eigenvalue weighted by molar-refractivity contribution is -0.123. The Morgan fingerprint density at radius 3 is 2.94 bits per heavy atom. The molecule has 1 atom stereocenters. The molecule has 0 aromatic heterocycles. The van der Waals surface area contributed by atoms with Gasteiger partial charge in [-0.1, -0.05) is 13.8 Å². The molecule has 5 nitrogen and oxygen atoms in total. The van der Waals surface area contributed by atoms with Crippen LogP contribution < -0.4 is 16.0 Å². The van der Waals surface area contributed by atoms with Crippen LogP contribution in [-0.2, 0) is 9.59 Å². The van der Waals surface area contributed by atoms with Crippen LogP contribution in [0.4, 0.5) is 0 Å². The molecule has 5 heteroatoms. The lowest BCUT2D eigenvalue weighted by Crippen LogP contribution is -2.46. The second kappa shape index (κ2) is 7.27. The molecule has 1 heterocycles. The lowest BCUT2D eigenvalue weighted by atomic mass is 10.1. The molecule has 3 N–H and O–H groups in total. The molecule has 0 aromatic carbocycles. The predicted molar refractivity (Wildman–Crippen MR) is 66.5 cm³/mol. The van der Waals surface area contributed by atoms with Crippen molar-refractivity contribution in [2.75, 3.05) is 19.6 Å². The van der Waals surface area contributed by atoms with Crippen molar-refractivity contribution in [3.05, 3.63) is 0 Å². The highest BCUT2D eigenvalue weighted by Gasteiger charge is 2.20. The highest BCUT2D eigenvalue weighted by molar-refractivity contribution is 5.83. The maximum atomic E-state index is 11.6. The molecule has 1 aliphatic heterocycles. The molecule has 0 aromatic rings. The largest absolute Gasteiger partial charge is 0.355 e. The zero-order chi connectivity index (χ0) is 12.7. The average Bonchev–Trinajstić information content (AvgIpc) is 2.48. The third-order valence-corrected chi connectivity index (χ3v) is 2.75. The van der Waals surface area contributed by atoms with E-state index in [1.54, 1.807) is 0 Å². The van der Waals surface area contributed by atoms with Gasteiger partial charge in [0.25, 0.3) is 0 Å². The van der Waals surface area contributed by atoms with E-state index in [-0.39, 0.29) is 24.4 Å². The molecule has 1 rings (SSSR count). The number of amides is 2. The maximum Gasteiger partial charge on any atom is 0.237 e. The van der Waals surface area contributed by atoms with E-state index in [1.807, 2.05) is 13.8 Å². The van der Waals surface area contributed by atoms with Crippen molar-refractivity contribution in [2.45, 2.75) is 39.2 Å². The van der Waals surface area contributed by atoms with E-state index in [0.717, 1.165) is 25.8 Å². The van der Waals surface area contributed by atoms with E-state index in [4.69, 9.17) is 0 Å². The summed E-state index contributed by atoms with van der Waals surface area (Å²) in [6.07, 6.45) is 2.84. The maximum absolute atomic E-state index is 11.6. The minimum absolute atomic E-state index is 0.0131. The van der Waals surface area contributed by atoms with E-state index in [0.29, 0.717) is 12.5 Å². The first-order valence-electron chi connectivity index (χ1n) is 6.37. The third-order valence-electron chi connectivity index (χ3n) is 2.75. The van der Waals surface area contributed by atoms with Crippen LogP contribution in [0.2, 0.25) is 0 Å². The predicted octanol–water partition coefficient (Wildman–Crippen LogP) is 0.0169. The summed E-state index contributed by atoms with van der Waals surface area (Å²) in [7, 11) is 0. The van der Waals surface area contributed by atoms with Gasteiger partial charge in [-0.2, -0.15) is 0 Å². The topological polar surface area (TPSA) is 70.2 Å². The van der Waals surface area contributed by atoms with Gasteiger partial charge in [0.05, 0.1) is 12.6 Å². The monoisotopic (exact) mass is 241 g/mol. The van der Waals surface area contributed by atoms with Gasteiger partial charge in [0.2, 0.25) is 11.8 Å². The number of rotatable bonds is 5. The molecule has 0 saturated carbocycles. The van der Waals surface area contributed by atoms with Gasteiger partial charge in [-0.15, -0.1) is 0 Å². The number of nitrogens with one attached hydrogen (secondary N) is 3. The zero-order valence-electron chi connectivity index (χ0n) is 10.7. The molecule has 0 aliphatic carbocycles. The number of carbonyl (C=O) groups excluding carboxylic acids is 2. The number of carbonyl (C=O) groups is 2. The van der Waals surface area contributed by atoms with E-state index < -0.39 is 0 Å². The summed E-state index contributed by atoms with van der Waals surface area (Å²) >= 11 is 0. The number of hydrogen-bond acceptors (Lipinski definition) is 3. The van der Waals surface area contributed by atoms with Gasteiger partial charge < -0.3 is 10.6 Å². The molecular weight excluding hydrogens is 218 g/mol. The molecule has 0 spiro atoms. The fraction of sp³-hybridized carbons (Fsp3) is 0.833. The molecule has 1 saturated heterocycles. The van der Waals surface area contributed by atoms with Crippen LogP contribution in [0.1, 0.15) is 33.1 Å². The lowest BCUT2D eigenvalue weighted by Gasteiger charge is -2.15. The second-order valence-corrected chi connectivity index (χ2v) is 4.92. The van der Waals surface area contributed by atoms with E-state index in [9.17, 15) is 9.59 Å². The van der Waals surface area contributed by atoms with Crippen molar-refractivity contribution >= 4 is 11.8 Å². The molecule has 1 aliphatic rings. The number of hydrogen-bond donors (Lipinski definition) is 3. The first-order chi connectivity index (χ1) is 8.09. The van der Waals surface area contributed by atoms with Crippen LogP contribution in [-0.4, -0.2) is 37.5 Å². The van der Waals surface area contributed by atoms with Gasteiger partial charge in [-0.25, -0.2) is 0 Å². The molecule has 2 amide bonds. The Labute approximate surface area is 103 Å². The summed E-state index contributed by atoms with van der Waals surface area (Å²) in [6.45, 7) is 5.73. The quantitative estimate of drug-likeness (QED) is 0.635.